The van der Waals surface area contributed by atoms with Crippen molar-refractivity contribution in [2.24, 2.45) is 11.7 Å². The molecule has 282 valence electrons. The number of ether oxygens (including phenoxy) is 2. The Balaban J connectivity index is 0. The fourth-order valence-corrected chi connectivity index (χ4v) is 5.21. The number of hydrogen-bond donors (Lipinski definition) is 1. The van der Waals surface area contributed by atoms with Crippen LogP contribution in [0.4, 0.5) is 4.39 Å². The molecule has 0 aliphatic heterocycles. The minimum Gasteiger partial charge on any atom is -0.466 e. The normalized spacial score (nSPS) is 12.4. The zero-order valence-electron chi connectivity index (χ0n) is 31.5. The molecule has 2 atom stereocenters. The Hall–Kier alpha value is -2.97. The number of methoxy groups -OCH3 is 1. The number of benzene rings is 1. The molecule has 7 nitrogen and oxygen atoms in total. The molecule has 0 radical (unpaired) electrons. The molecular weight excluding hydrogens is 699 g/mol. The summed E-state index contributed by atoms with van der Waals surface area (Å²) in [5, 5.41) is 0.317. The SMILES string of the molecule is C=C(Cl)/C=C(\C=C(/F)CCC(=O)OCC)c1c(C)cccc1C.CCCC(CC)OC.CCCc1[c-]cc(=O)n(C(CC(C)C)C(N)=O)c1.[Fe]. The number of esters is 1. The van der Waals surface area contributed by atoms with Crippen molar-refractivity contribution >= 4 is 29.1 Å². The van der Waals surface area contributed by atoms with Crippen molar-refractivity contribution in [2.75, 3.05) is 13.7 Å². The minimum atomic E-state index is -0.567. The van der Waals surface area contributed by atoms with Crippen LogP contribution < -0.4 is 11.3 Å². The molecule has 2 rings (SSSR count). The van der Waals surface area contributed by atoms with E-state index < -0.39 is 23.7 Å². The Morgan fingerprint density at radius 2 is 1.70 bits per heavy atom. The fraction of sp³-hybridized carbons (Fsp3) is 0.525. The van der Waals surface area contributed by atoms with E-state index in [0.717, 1.165) is 41.5 Å². The van der Waals surface area contributed by atoms with Crippen LogP contribution in [0.3, 0.4) is 0 Å². The van der Waals surface area contributed by atoms with Gasteiger partial charge in [0.25, 0.3) is 0 Å². The number of primary amides is 1. The van der Waals surface area contributed by atoms with Crippen molar-refractivity contribution < 1.29 is 40.5 Å². The molecule has 1 aromatic carbocycles. The van der Waals surface area contributed by atoms with E-state index in [1.54, 1.807) is 26.3 Å². The van der Waals surface area contributed by atoms with Crippen LogP contribution in [0, 0.1) is 25.8 Å². The third-order valence-electron chi connectivity index (χ3n) is 7.48. The number of allylic oxidation sites excluding steroid dienone is 5. The van der Waals surface area contributed by atoms with E-state index in [9.17, 15) is 18.8 Å². The third-order valence-corrected chi connectivity index (χ3v) is 7.58. The number of hydrogen-bond acceptors (Lipinski definition) is 5. The van der Waals surface area contributed by atoms with Gasteiger partial charge in [0.15, 0.2) is 0 Å². The van der Waals surface area contributed by atoms with Crippen LogP contribution >= 0.6 is 11.6 Å². The van der Waals surface area contributed by atoms with Gasteiger partial charge in [-0.15, -0.1) is 11.6 Å². The van der Waals surface area contributed by atoms with E-state index in [-0.39, 0.29) is 35.5 Å². The maximum absolute atomic E-state index is 14.2. The van der Waals surface area contributed by atoms with Crippen LogP contribution in [0.15, 0.2) is 64.8 Å². The molecule has 0 aliphatic carbocycles. The molecule has 0 spiro atoms. The Kier molecular flexibility index (Phi) is 27.2. The first-order valence-corrected chi connectivity index (χ1v) is 17.6. The van der Waals surface area contributed by atoms with Crippen molar-refractivity contribution in [1.82, 2.24) is 4.57 Å². The first kappa shape index (κ1) is 49.1. The quantitative estimate of drug-likeness (QED) is 0.0750. The van der Waals surface area contributed by atoms with E-state index >= 15 is 0 Å². The number of aromatic nitrogens is 1. The van der Waals surface area contributed by atoms with Crippen LogP contribution in [-0.2, 0) is 42.6 Å². The second-order valence-electron chi connectivity index (χ2n) is 12.3. The summed E-state index contributed by atoms with van der Waals surface area (Å²) in [6, 6.07) is 9.62. The Morgan fingerprint density at radius 3 is 2.14 bits per heavy atom. The van der Waals surface area contributed by atoms with E-state index in [0.29, 0.717) is 35.7 Å². The predicted octanol–water partition coefficient (Wildman–Crippen LogP) is 9.52. The molecular formula is C40H59ClFFeN2O5-. The molecule has 0 fully saturated rings. The fourth-order valence-electron chi connectivity index (χ4n) is 5.09. The third kappa shape index (κ3) is 20.0. The van der Waals surface area contributed by atoms with Gasteiger partial charge >= 0.3 is 5.97 Å². The summed E-state index contributed by atoms with van der Waals surface area (Å²) in [5.74, 6) is -0.965. The number of nitrogens with two attached hydrogens (primary N) is 1. The average molecular weight is 758 g/mol. The summed E-state index contributed by atoms with van der Waals surface area (Å²) < 4.78 is 25.6. The van der Waals surface area contributed by atoms with Crippen molar-refractivity contribution in [3.05, 3.63) is 98.7 Å². The molecule has 1 heterocycles. The zero-order valence-corrected chi connectivity index (χ0v) is 33.4. The molecule has 1 amide bonds. The van der Waals surface area contributed by atoms with Gasteiger partial charge in [-0.05, 0) is 86.8 Å². The van der Waals surface area contributed by atoms with Crippen LogP contribution in [0.2, 0.25) is 0 Å². The van der Waals surface area contributed by atoms with E-state index in [1.807, 2.05) is 45.9 Å². The molecule has 0 saturated heterocycles. The van der Waals surface area contributed by atoms with Gasteiger partial charge in [0.05, 0.1) is 25.2 Å². The standard InChI is InChI=1S/C19H22ClFO2.C14H21N2O2.C7H16O.Fe/c1-5-23-18(22)10-9-17(21)12-16(11-15(4)20)19-13(2)7-6-8-14(19)3;1-4-5-11-6-7-13(17)16(9-11)12(14(15)18)8-10(2)3;1-4-6-7(5-2)8-3;/h6-8,11-12H,4-5,9-10H2,1-3H3;7,9-10,12H,4-5,8H2,1-3H3,(H2,15,18);7H,4-6H2,1-3H3;/q;-1;;/b16-11+,17-12-;;;. The van der Waals surface area contributed by atoms with Gasteiger partial charge in [-0.3, -0.25) is 9.59 Å². The first-order valence-electron chi connectivity index (χ1n) is 17.2. The number of carbonyl (C=O) groups excluding carboxylic acids is 2. The summed E-state index contributed by atoms with van der Waals surface area (Å²) >= 11 is 5.88. The van der Waals surface area contributed by atoms with Crippen LogP contribution in [0.25, 0.3) is 5.57 Å². The van der Waals surface area contributed by atoms with Crippen molar-refractivity contribution in [1.29, 1.82) is 0 Å². The van der Waals surface area contributed by atoms with Crippen LogP contribution in [-0.4, -0.2) is 36.3 Å². The summed E-state index contributed by atoms with van der Waals surface area (Å²) in [4.78, 5) is 34.7. The Labute approximate surface area is 316 Å². The van der Waals surface area contributed by atoms with Gasteiger partial charge in [-0.2, -0.15) is 6.07 Å². The van der Waals surface area contributed by atoms with Crippen molar-refractivity contribution in [3.63, 3.8) is 0 Å². The molecule has 0 saturated carbocycles. The number of amides is 1. The topological polar surface area (TPSA) is 101 Å². The van der Waals surface area contributed by atoms with Gasteiger partial charge in [0, 0.05) is 35.6 Å². The van der Waals surface area contributed by atoms with Gasteiger partial charge in [-0.1, -0.05) is 90.0 Å². The molecule has 10 heteroatoms. The molecule has 2 aromatic rings. The Morgan fingerprint density at radius 1 is 1.08 bits per heavy atom. The van der Waals surface area contributed by atoms with Gasteiger partial charge in [0.1, 0.15) is 11.4 Å². The maximum atomic E-state index is 14.2. The second kappa shape index (κ2) is 27.7. The molecule has 1 aromatic heterocycles. The largest absolute Gasteiger partial charge is 0.466 e. The summed E-state index contributed by atoms with van der Waals surface area (Å²) in [5.41, 5.74) is 9.71. The van der Waals surface area contributed by atoms with E-state index in [4.69, 9.17) is 26.8 Å². The molecule has 2 N–H and O–H groups in total. The molecule has 2 unspecified atom stereocenters. The first-order chi connectivity index (χ1) is 23.1. The minimum absolute atomic E-state index is 0. The smallest absolute Gasteiger partial charge is 0.306 e. The summed E-state index contributed by atoms with van der Waals surface area (Å²) in [6.45, 7) is 20.0. The van der Waals surface area contributed by atoms with Gasteiger partial charge in [-0.25, -0.2) is 4.39 Å². The van der Waals surface area contributed by atoms with Crippen LogP contribution in [0.1, 0.15) is 115 Å². The predicted molar refractivity (Wildman–Crippen MR) is 201 cm³/mol. The van der Waals surface area contributed by atoms with Crippen molar-refractivity contribution in [3.8, 4) is 0 Å². The molecule has 0 bridgehead atoms. The number of aryl methyl sites for hydroxylation is 3. The summed E-state index contributed by atoms with van der Waals surface area (Å²) in [6.07, 6.45) is 11.2. The zero-order chi connectivity index (χ0) is 37.5. The number of halogens is 2. The maximum Gasteiger partial charge on any atom is 0.306 e. The van der Waals surface area contributed by atoms with E-state index in [1.165, 1.54) is 29.6 Å². The van der Waals surface area contributed by atoms with Gasteiger partial charge in [0.2, 0.25) is 5.91 Å². The average Bonchev–Trinajstić information content (AvgIpc) is 3.03. The number of pyridine rings is 1. The molecule has 50 heavy (non-hydrogen) atoms. The second-order valence-corrected chi connectivity index (χ2v) is 12.7. The summed E-state index contributed by atoms with van der Waals surface area (Å²) in [7, 11) is 1.78. The number of rotatable bonds is 17. The molecule has 0 aliphatic rings. The monoisotopic (exact) mass is 757 g/mol. The van der Waals surface area contributed by atoms with Crippen LogP contribution in [0.5, 0.6) is 0 Å². The Bertz CT molecular complexity index is 1410. The van der Waals surface area contributed by atoms with E-state index in [2.05, 4.69) is 33.4 Å². The van der Waals surface area contributed by atoms with Gasteiger partial charge < -0.3 is 24.6 Å². The number of carbonyl (C=O) groups is 2. The number of nitrogens with zero attached hydrogens (tertiary/aromatic N) is 1. The van der Waals surface area contributed by atoms with Crippen molar-refractivity contribution in [2.45, 2.75) is 119 Å².